The molecule has 0 radical (unpaired) electrons. The Hall–Kier alpha value is -1.28. The van der Waals surface area contributed by atoms with Crippen LogP contribution in [-0.2, 0) is 6.42 Å². The lowest BCUT2D eigenvalue weighted by Gasteiger charge is -2.21. The quantitative estimate of drug-likeness (QED) is 0.766. The summed E-state index contributed by atoms with van der Waals surface area (Å²) in [5, 5.41) is 4.80. The molecule has 0 fully saturated rings. The molecule has 0 amide bonds. The fourth-order valence-corrected chi connectivity index (χ4v) is 2.70. The fraction of sp³-hybridized carbons (Fsp3) is 0.467. The molecule has 2 N–H and O–H groups in total. The Balaban J connectivity index is 0.000000514. The van der Waals surface area contributed by atoms with E-state index in [2.05, 4.69) is 34.6 Å². The van der Waals surface area contributed by atoms with Gasteiger partial charge < -0.3 is 10.3 Å². The predicted octanol–water partition coefficient (Wildman–Crippen LogP) is 3.79. The van der Waals surface area contributed by atoms with Crippen LogP contribution < -0.4 is 5.32 Å². The van der Waals surface area contributed by atoms with Crippen molar-refractivity contribution in [2.24, 2.45) is 0 Å². The number of hydrogen-bond acceptors (Lipinski definition) is 1. The van der Waals surface area contributed by atoms with Gasteiger partial charge in [-0.1, -0.05) is 32.0 Å². The van der Waals surface area contributed by atoms with E-state index in [9.17, 15) is 0 Å². The van der Waals surface area contributed by atoms with Gasteiger partial charge in [0.05, 0.1) is 0 Å². The van der Waals surface area contributed by atoms with Gasteiger partial charge in [-0.05, 0) is 37.9 Å². The molecule has 1 unspecified atom stereocenters. The molecule has 1 heterocycles. The Morgan fingerprint density at radius 2 is 2.00 bits per heavy atom. The van der Waals surface area contributed by atoms with Crippen molar-refractivity contribution in [2.75, 3.05) is 7.05 Å². The molecule has 1 aliphatic rings. The van der Waals surface area contributed by atoms with Gasteiger partial charge in [0.25, 0.3) is 0 Å². The first-order valence-electron chi connectivity index (χ1n) is 6.67. The van der Waals surface area contributed by atoms with E-state index in [0.717, 1.165) is 0 Å². The normalized spacial score (nSPS) is 18.4. The number of rotatable bonds is 1. The molecule has 17 heavy (non-hydrogen) atoms. The average Bonchev–Trinajstić information content (AvgIpc) is 2.79. The molecule has 2 nitrogen and oxygen atoms in total. The maximum atomic E-state index is 3.55. The van der Waals surface area contributed by atoms with Crippen LogP contribution in [0.3, 0.4) is 0 Å². The molecule has 2 heteroatoms. The Kier molecular flexibility index (Phi) is 3.85. The number of para-hydroxylation sites is 1. The number of hydrogen-bond donors (Lipinski definition) is 2. The lowest BCUT2D eigenvalue weighted by Crippen LogP contribution is -2.21. The summed E-state index contributed by atoms with van der Waals surface area (Å²) in [6.45, 7) is 4.00. The van der Waals surface area contributed by atoms with E-state index in [1.54, 1.807) is 0 Å². The Labute approximate surface area is 103 Å². The summed E-state index contributed by atoms with van der Waals surface area (Å²) in [4.78, 5) is 3.55. The molecule has 92 valence electrons. The van der Waals surface area contributed by atoms with Crippen molar-refractivity contribution in [3.63, 3.8) is 0 Å². The zero-order chi connectivity index (χ0) is 12.3. The van der Waals surface area contributed by atoms with E-state index < -0.39 is 0 Å². The van der Waals surface area contributed by atoms with Crippen LogP contribution in [0.25, 0.3) is 10.9 Å². The third kappa shape index (κ3) is 2.09. The highest BCUT2D eigenvalue weighted by molar-refractivity contribution is 5.85. The third-order valence-corrected chi connectivity index (χ3v) is 3.46. The topological polar surface area (TPSA) is 27.8 Å². The van der Waals surface area contributed by atoms with Crippen LogP contribution in [0, 0.1) is 0 Å². The highest BCUT2D eigenvalue weighted by Gasteiger charge is 2.22. The lowest BCUT2D eigenvalue weighted by atomic mass is 9.92. The Morgan fingerprint density at radius 1 is 1.24 bits per heavy atom. The van der Waals surface area contributed by atoms with Crippen molar-refractivity contribution in [2.45, 2.75) is 39.2 Å². The molecule has 0 saturated carbocycles. The van der Waals surface area contributed by atoms with Gasteiger partial charge in [0, 0.05) is 22.6 Å². The number of H-pyrrole nitrogens is 1. The van der Waals surface area contributed by atoms with Crippen LogP contribution in [0.2, 0.25) is 0 Å². The summed E-state index contributed by atoms with van der Waals surface area (Å²) < 4.78 is 0. The zero-order valence-electron chi connectivity index (χ0n) is 11.0. The average molecular weight is 230 g/mol. The van der Waals surface area contributed by atoms with Crippen LogP contribution >= 0.6 is 0 Å². The molecular formula is C15H22N2. The second-order valence-electron chi connectivity index (χ2n) is 4.30. The second-order valence-corrected chi connectivity index (χ2v) is 4.30. The van der Waals surface area contributed by atoms with Gasteiger partial charge in [-0.25, -0.2) is 0 Å². The van der Waals surface area contributed by atoms with Gasteiger partial charge in [0.2, 0.25) is 0 Å². The molecule has 0 bridgehead atoms. The molecule has 0 spiro atoms. The monoisotopic (exact) mass is 230 g/mol. The minimum atomic E-state index is 0.515. The van der Waals surface area contributed by atoms with Crippen molar-refractivity contribution >= 4 is 10.9 Å². The summed E-state index contributed by atoms with van der Waals surface area (Å²) in [5.74, 6) is 0. The first kappa shape index (κ1) is 12.2. The highest BCUT2D eigenvalue weighted by Crippen LogP contribution is 2.34. The Morgan fingerprint density at radius 3 is 2.76 bits per heavy atom. The SMILES string of the molecule is CC.CNC1CCCc2c1[nH]c1ccccc21. The van der Waals surface area contributed by atoms with E-state index >= 15 is 0 Å². The minimum absolute atomic E-state index is 0.515. The predicted molar refractivity (Wildman–Crippen MR) is 74.4 cm³/mol. The van der Waals surface area contributed by atoms with Crippen LogP contribution in [-0.4, -0.2) is 12.0 Å². The molecule has 1 aliphatic carbocycles. The minimum Gasteiger partial charge on any atom is -0.357 e. The van der Waals surface area contributed by atoms with E-state index in [4.69, 9.17) is 0 Å². The maximum Gasteiger partial charge on any atom is 0.0473 e. The Bertz CT molecular complexity index is 485. The second kappa shape index (κ2) is 5.37. The van der Waals surface area contributed by atoms with Crippen LogP contribution in [0.15, 0.2) is 24.3 Å². The smallest absolute Gasteiger partial charge is 0.0473 e. The standard InChI is InChI=1S/C13H16N2.C2H6/c1-14-12-8-4-6-10-9-5-2-3-7-11(9)15-13(10)12;1-2/h2-3,5,7,12,14-15H,4,6,8H2,1H3;1-2H3. The molecule has 0 saturated heterocycles. The van der Waals surface area contributed by atoms with E-state index in [1.165, 1.54) is 41.4 Å². The van der Waals surface area contributed by atoms with Crippen molar-refractivity contribution in [3.8, 4) is 0 Å². The summed E-state index contributed by atoms with van der Waals surface area (Å²) in [7, 11) is 2.05. The van der Waals surface area contributed by atoms with Gasteiger partial charge in [-0.3, -0.25) is 0 Å². The highest BCUT2D eigenvalue weighted by atomic mass is 14.9. The van der Waals surface area contributed by atoms with E-state index in [-0.39, 0.29) is 0 Å². The van der Waals surface area contributed by atoms with E-state index in [1.807, 2.05) is 20.9 Å². The summed E-state index contributed by atoms with van der Waals surface area (Å²) in [5.41, 5.74) is 4.21. The van der Waals surface area contributed by atoms with E-state index in [0.29, 0.717) is 6.04 Å². The van der Waals surface area contributed by atoms with Gasteiger partial charge in [0.15, 0.2) is 0 Å². The number of aromatic nitrogens is 1. The fourth-order valence-electron chi connectivity index (χ4n) is 2.70. The number of nitrogens with one attached hydrogen (secondary N) is 2. The van der Waals surface area contributed by atoms with Crippen LogP contribution in [0.4, 0.5) is 0 Å². The summed E-state index contributed by atoms with van der Waals surface area (Å²) in [6.07, 6.45) is 3.76. The molecule has 1 aromatic heterocycles. The van der Waals surface area contributed by atoms with Crippen molar-refractivity contribution in [1.29, 1.82) is 0 Å². The summed E-state index contributed by atoms with van der Waals surface area (Å²) >= 11 is 0. The van der Waals surface area contributed by atoms with Gasteiger partial charge >= 0.3 is 0 Å². The number of benzene rings is 1. The molecule has 3 rings (SSSR count). The largest absolute Gasteiger partial charge is 0.357 e. The first-order chi connectivity index (χ1) is 8.40. The van der Waals surface area contributed by atoms with Gasteiger partial charge in [-0.15, -0.1) is 0 Å². The molecular weight excluding hydrogens is 208 g/mol. The number of aryl methyl sites for hydroxylation is 1. The maximum absolute atomic E-state index is 3.55. The van der Waals surface area contributed by atoms with Gasteiger partial charge in [0.1, 0.15) is 0 Å². The third-order valence-electron chi connectivity index (χ3n) is 3.46. The zero-order valence-corrected chi connectivity index (χ0v) is 11.0. The lowest BCUT2D eigenvalue weighted by molar-refractivity contribution is 0.489. The van der Waals surface area contributed by atoms with Gasteiger partial charge in [-0.2, -0.15) is 0 Å². The first-order valence-corrected chi connectivity index (χ1v) is 6.67. The summed E-state index contributed by atoms with van der Waals surface area (Å²) in [6, 6.07) is 9.13. The van der Waals surface area contributed by atoms with Crippen LogP contribution in [0.1, 0.15) is 44.0 Å². The van der Waals surface area contributed by atoms with Crippen LogP contribution in [0.5, 0.6) is 0 Å². The number of aromatic amines is 1. The molecule has 1 aromatic carbocycles. The van der Waals surface area contributed by atoms with Crippen molar-refractivity contribution < 1.29 is 0 Å². The molecule has 1 atom stereocenters. The molecule has 2 aromatic rings. The van der Waals surface area contributed by atoms with Crippen molar-refractivity contribution in [1.82, 2.24) is 10.3 Å². The number of fused-ring (bicyclic) bond motifs is 3. The molecule has 0 aliphatic heterocycles. The van der Waals surface area contributed by atoms with Crippen molar-refractivity contribution in [3.05, 3.63) is 35.5 Å².